The van der Waals surface area contributed by atoms with E-state index in [0.29, 0.717) is 17.7 Å². The summed E-state index contributed by atoms with van der Waals surface area (Å²) in [6.07, 6.45) is 17.9. The molecule has 3 aliphatic rings. The Morgan fingerprint density at radius 1 is 1.21 bits per heavy atom. The number of hydrogen-bond acceptors (Lipinski definition) is 1. The molecule has 0 aromatic heterocycles. The topological polar surface area (TPSA) is 29.1 Å². The lowest BCUT2D eigenvalue weighted by molar-refractivity contribution is -0.142. The Labute approximate surface area is 173 Å². The molecule has 0 heterocycles. The Morgan fingerprint density at radius 2 is 2.00 bits per heavy atom. The SMILES string of the molecule is C=C[C@@]1(C)CC=C2C(CCC3[C@](C)(C(=O)NCCCCCC)CCC[C@@]23C)C1. The van der Waals surface area contributed by atoms with Gasteiger partial charge in [0, 0.05) is 12.0 Å². The van der Waals surface area contributed by atoms with Crippen LogP contribution in [0, 0.1) is 28.1 Å². The zero-order valence-electron chi connectivity index (χ0n) is 18.9. The van der Waals surface area contributed by atoms with Crippen molar-refractivity contribution in [3.05, 3.63) is 24.3 Å². The molecule has 3 aliphatic carbocycles. The second-order valence-electron chi connectivity index (χ2n) is 10.8. The second kappa shape index (κ2) is 8.36. The van der Waals surface area contributed by atoms with Crippen LogP contribution in [0.4, 0.5) is 0 Å². The smallest absolute Gasteiger partial charge is 0.226 e. The largest absolute Gasteiger partial charge is 0.356 e. The molecule has 3 rings (SSSR count). The van der Waals surface area contributed by atoms with Gasteiger partial charge in [0.2, 0.25) is 5.91 Å². The van der Waals surface area contributed by atoms with Gasteiger partial charge in [-0.3, -0.25) is 4.79 Å². The molecule has 1 N–H and O–H groups in total. The predicted molar refractivity (Wildman–Crippen MR) is 119 cm³/mol. The summed E-state index contributed by atoms with van der Waals surface area (Å²) < 4.78 is 0. The molecule has 0 spiro atoms. The molecule has 1 amide bonds. The van der Waals surface area contributed by atoms with E-state index in [2.05, 4.69) is 51.7 Å². The van der Waals surface area contributed by atoms with E-state index >= 15 is 0 Å². The van der Waals surface area contributed by atoms with Gasteiger partial charge in [-0.2, -0.15) is 0 Å². The zero-order chi connectivity index (χ0) is 20.4. The van der Waals surface area contributed by atoms with Crippen LogP contribution in [0.3, 0.4) is 0 Å². The zero-order valence-corrected chi connectivity index (χ0v) is 18.9. The molecular formula is C26H43NO. The van der Waals surface area contributed by atoms with Crippen molar-refractivity contribution in [2.24, 2.45) is 28.1 Å². The third-order valence-electron chi connectivity index (χ3n) is 8.66. The van der Waals surface area contributed by atoms with Gasteiger partial charge in [-0.05, 0) is 67.6 Å². The minimum Gasteiger partial charge on any atom is -0.356 e. The van der Waals surface area contributed by atoms with Gasteiger partial charge < -0.3 is 5.32 Å². The van der Waals surface area contributed by atoms with E-state index in [4.69, 9.17) is 0 Å². The van der Waals surface area contributed by atoms with Crippen LogP contribution in [0.15, 0.2) is 24.3 Å². The van der Waals surface area contributed by atoms with E-state index in [0.717, 1.165) is 25.8 Å². The van der Waals surface area contributed by atoms with Crippen molar-refractivity contribution >= 4 is 5.91 Å². The number of fused-ring (bicyclic) bond motifs is 3. The van der Waals surface area contributed by atoms with Gasteiger partial charge in [0.15, 0.2) is 0 Å². The van der Waals surface area contributed by atoms with E-state index in [1.165, 1.54) is 51.4 Å². The minimum atomic E-state index is -0.206. The molecule has 0 radical (unpaired) electrons. The molecule has 2 fully saturated rings. The standard InChI is InChI=1S/C26H43NO/c1-6-8-9-10-18-27-23(28)26(5)16-11-15-25(4)21-14-17-24(3,7-2)19-20(21)12-13-22(25)26/h7,14,20,22H,2,6,8-13,15-19H2,1,3-5H3,(H,27,28)/t20?,22?,24-,25-,26+/m0/s1. The molecule has 158 valence electrons. The Morgan fingerprint density at radius 3 is 2.71 bits per heavy atom. The molecule has 0 aromatic rings. The van der Waals surface area contributed by atoms with E-state index in [9.17, 15) is 4.79 Å². The molecule has 0 bridgehead atoms. The van der Waals surface area contributed by atoms with Crippen molar-refractivity contribution in [2.75, 3.05) is 6.54 Å². The van der Waals surface area contributed by atoms with E-state index in [1.54, 1.807) is 5.57 Å². The van der Waals surface area contributed by atoms with Crippen LogP contribution >= 0.6 is 0 Å². The average Bonchev–Trinajstić information content (AvgIpc) is 2.67. The first kappa shape index (κ1) is 21.7. The number of hydrogen-bond donors (Lipinski definition) is 1. The van der Waals surface area contributed by atoms with Gasteiger partial charge in [-0.15, -0.1) is 6.58 Å². The summed E-state index contributed by atoms with van der Waals surface area (Å²) in [5.41, 5.74) is 1.94. The van der Waals surface area contributed by atoms with Crippen molar-refractivity contribution in [2.45, 2.75) is 98.3 Å². The molecule has 2 heteroatoms. The summed E-state index contributed by atoms with van der Waals surface area (Å²) in [7, 11) is 0. The highest BCUT2D eigenvalue weighted by atomic mass is 16.2. The van der Waals surface area contributed by atoms with Crippen LogP contribution in [-0.2, 0) is 4.79 Å². The van der Waals surface area contributed by atoms with Crippen molar-refractivity contribution in [1.82, 2.24) is 5.32 Å². The third kappa shape index (κ3) is 3.85. The second-order valence-corrected chi connectivity index (χ2v) is 10.8. The maximum Gasteiger partial charge on any atom is 0.226 e. The third-order valence-corrected chi connectivity index (χ3v) is 8.66. The average molecular weight is 386 g/mol. The van der Waals surface area contributed by atoms with E-state index in [1.807, 2.05) is 0 Å². The normalized spacial score (nSPS) is 40.1. The van der Waals surface area contributed by atoms with Crippen LogP contribution in [0.25, 0.3) is 0 Å². The first-order valence-corrected chi connectivity index (χ1v) is 11.9. The quantitative estimate of drug-likeness (QED) is 0.378. The molecular weight excluding hydrogens is 342 g/mol. The number of unbranched alkanes of at least 4 members (excludes halogenated alkanes) is 3. The molecule has 0 aromatic carbocycles. The summed E-state index contributed by atoms with van der Waals surface area (Å²) in [6, 6.07) is 0. The maximum absolute atomic E-state index is 13.3. The number of rotatable bonds is 7. The van der Waals surface area contributed by atoms with Crippen molar-refractivity contribution in [3.8, 4) is 0 Å². The first-order valence-electron chi connectivity index (χ1n) is 11.9. The first-order chi connectivity index (χ1) is 13.3. The van der Waals surface area contributed by atoms with Crippen molar-refractivity contribution < 1.29 is 4.79 Å². The summed E-state index contributed by atoms with van der Waals surface area (Å²) in [4.78, 5) is 13.3. The number of carbonyl (C=O) groups is 1. The molecule has 5 atom stereocenters. The Hall–Kier alpha value is -1.05. The van der Waals surface area contributed by atoms with E-state index < -0.39 is 0 Å². The highest BCUT2D eigenvalue weighted by molar-refractivity contribution is 5.83. The predicted octanol–water partition coefficient (Wildman–Crippen LogP) is 6.82. The monoisotopic (exact) mass is 385 g/mol. The summed E-state index contributed by atoms with van der Waals surface area (Å²) in [6.45, 7) is 14.3. The number of allylic oxidation sites excluding steroid dienone is 3. The lowest BCUT2D eigenvalue weighted by Crippen LogP contribution is -2.55. The van der Waals surface area contributed by atoms with Crippen molar-refractivity contribution in [1.29, 1.82) is 0 Å². The van der Waals surface area contributed by atoms with Crippen LogP contribution in [0.5, 0.6) is 0 Å². The van der Waals surface area contributed by atoms with Crippen LogP contribution in [0.2, 0.25) is 0 Å². The van der Waals surface area contributed by atoms with Gasteiger partial charge in [0.05, 0.1) is 0 Å². The highest BCUT2D eigenvalue weighted by Crippen LogP contribution is 2.63. The number of nitrogens with one attached hydrogen (secondary N) is 1. The molecule has 2 saturated carbocycles. The lowest BCUT2D eigenvalue weighted by Gasteiger charge is -2.58. The van der Waals surface area contributed by atoms with Crippen LogP contribution in [-0.4, -0.2) is 12.5 Å². The van der Waals surface area contributed by atoms with Gasteiger partial charge in [0.1, 0.15) is 0 Å². The minimum absolute atomic E-state index is 0.206. The number of amides is 1. The van der Waals surface area contributed by atoms with Gasteiger partial charge in [-0.25, -0.2) is 0 Å². The Bertz CT molecular complexity index is 622. The Kier molecular flexibility index (Phi) is 6.47. The van der Waals surface area contributed by atoms with Gasteiger partial charge >= 0.3 is 0 Å². The molecule has 0 saturated heterocycles. The molecule has 28 heavy (non-hydrogen) atoms. The maximum atomic E-state index is 13.3. The fourth-order valence-corrected chi connectivity index (χ4v) is 6.84. The molecule has 2 nitrogen and oxygen atoms in total. The lowest BCUT2D eigenvalue weighted by atomic mass is 9.46. The summed E-state index contributed by atoms with van der Waals surface area (Å²) in [5, 5.41) is 3.32. The van der Waals surface area contributed by atoms with Crippen LogP contribution < -0.4 is 5.32 Å². The molecule has 0 aliphatic heterocycles. The molecule has 2 unspecified atom stereocenters. The van der Waals surface area contributed by atoms with Crippen molar-refractivity contribution in [3.63, 3.8) is 0 Å². The number of carbonyl (C=O) groups excluding carboxylic acids is 1. The summed E-state index contributed by atoms with van der Waals surface area (Å²) >= 11 is 0. The fourth-order valence-electron chi connectivity index (χ4n) is 6.84. The van der Waals surface area contributed by atoms with Crippen LogP contribution in [0.1, 0.15) is 98.3 Å². The van der Waals surface area contributed by atoms with Gasteiger partial charge in [-0.1, -0.05) is 71.1 Å². The summed E-state index contributed by atoms with van der Waals surface area (Å²) in [5.74, 6) is 1.50. The highest BCUT2D eigenvalue weighted by Gasteiger charge is 2.57. The van der Waals surface area contributed by atoms with Gasteiger partial charge in [0.25, 0.3) is 0 Å². The fraction of sp³-hybridized carbons (Fsp3) is 0.808. The Balaban J connectivity index is 1.75. The van der Waals surface area contributed by atoms with E-state index in [-0.39, 0.29) is 16.2 Å².